The van der Waals surface area contributed by atoms with Crippen molar-refractivity contribution in [2.45, 2.75) is 12.2 Å². The van der Waals surface area contributed by atoms with Crippen molar-refractivity contribution in [3.63, 3.8) is 0 Å². The van der Waals surface area contributed by atoms with Crippen LogP contribution in [0.2, 0.25) is 10.0 Å². The lowest BCUT2D eigenvalue weighted by molar-refractivity contribution is -0.127. The zero-order valence-electron chi connectivity index (χ0n) is 10.9. The molecule has 0 saturated heterocycles. The minimum atomic E-state index is -4.12. The van der Waals surface area contributed by atoms with Crippen LogP contribution in [0.3, 0.4) is 0 Å². The molecule has 0 aliphatic heterocycles. The summed E-state index contributed by atoms with van der Waals surface area (Å²) in [5.41, 5.74) is -0.436. The summed E-state index contributed by atoms with van der Waals surface area (Å²) in [7, 11) is -1.28. The summed E-state index contributed by atoms with van der Waals surface area (Å²) in [6.07, 6.45) is 0. The van der Waals surface area contributed by atoms with Gasteiger partial charge in [0.05, 0.1) is 5.02 Å². The van der Waals surface area contributed by atoms with Gasteiger partial charge in [-0.2, -0.15) is 0 Å². The van der Waals surface area contributed by atoms with Crippen molar-refractivity contribution in [2.75, 3.05) is 18.8 Å². The first-order valence-electron chi connectivity index (χ1n) is 5.43. The number of carbonyl (C=O) groups excluding carboxylic acids is 1. The maximum Gasteiger partial charge on any atom is 0.244 e. The second kappa shape index (κ2) is 6.15. The molecule has 0 fully saturated rings. The first kappa shape index (κ1) is 17.0. The van der Waals surface area contributed by atoms with Crippen LogP contribution in [0.15, 0.2) is 12.1 Å². The Morgan fingerprint density at radius 1 is 1.35 bits per heavy atom. The summed E-state index contributed by atoms with van der Waals surface area (Å²) < 4.78 is 39.7. The first-order valence-corrected chi connectivity index (χ1v) is 7.74. The van der Waals surface area contributed by atoms with Crippen molar-refractivity contribution in [1.82, 2.24) is 4.90 Å². The van der Waals surface area contributed by atoms with Gasteiger partial charge in [-0.3, -0.25) is 9.52 Å². The van der Waals surface area contributed by atoms with Gasteiger partial charge >= 0.3 is 0 Å². The molecule has 1 aromatic carbocycles. The fourth-order valence-corrected chi connectivity index (χ4v) is 3.08. The average molecular weight is 343 g/mol. The van der Waals surface area contributed by atoms with Crippen LogP contribution in [0.25, 0.3) is 0 Å². The molecule has 0 bridgehead atoms. The summed E-state index contributed by atoms with van der Waals surface area (Å²) in [5.74, 6) is -1.56. The molecule has 9 heteroatoms. The molecule has 0 aliphatic rings. The third kappa shape index (κ3) is 3.74. The van der Waals surface area contributed by atoms with E-state index in [4.69, 9.17) is 23.2 Å². The topological polar surface area (TPSA) is 66.5 Å². The number of sulfonamides is 1. The molecule has 112 valence electrons. The number of halogens is 3. The number of benzene rings is 1. The van der Waals surface area contributed by atoms with Crippen LogP contribution in [-0.2, 0) is 14.8 Å². The van der Waals surface area contributed by atoms with Crippen molar-refractivity contribution in [3.05, 3.63) is 28.0 Å². The molecule has 0 saturated carbocycles. The minimum Gasteiger partial charge on any atom is -0.348 e. The molecule has 0 aromatic heterocycles. The first-order chi connectivity index (χ1) is 9.06. The van der Waals surface area contributed by atoms with E-state index < -0.39 is 32.7 Å². The fraction of sp³-hybridized carbons (Fsp3) is 0.364. The second-order valence-corrected chi connectivity index (χ2v) is 7.11. The van der Waals surface area contributed by atoms with Gasteiger partial charge in [-0.15, -0.1) is 0 Å². The molecule has 1 atom stereocenters. The van der Waals surface area contributed by atoms with Gasteiger partial charge in [-0.25, -0.2) is 12.8 Å². The van der Waals surface area contributed by atoms with E-state index in [-0.39, 0.29) is 10.0 Å². The van der Waals surface area contributed by atoms with Gasteiger partial charge in [0.2, 0.25) is 15.9 Å². The quantitative estimate of drug-likeness (QED) is 0.913. The number of nitrogens with zero attached hydrogens (tertiary/aromatic N) is 1. The highest BCUT2D eigenvalue weighted by atomic mass is 35.5. The number of anilines is 1. The van der Waals surface area contributed by atoms with E-state index in [1.807, 2.05) is 4.72 Å². The molecule has 1 aromatic rings. The Morgan fingerprint density at radius 2 is 1.90 bits per heavy atom. The summed E-state index contributed by atoms with van der Waals surface area (Å²) >= 11 is 11.3. The molecule has 0 heterocycles. The SMILES string of the molecule is CC(C(=O)N(C)C)S(=O)(=O)Nc1c(F)cc(Cl)cc1Cl. The van der Waals surface area contributed by atoms with Gasteiger partial charge in [-0.1, -0.05) is 23.2 Å². The van der Waals surface area contributed by atoms with Crippen molar-refractivity contribution >= 4 is 44.8 Å². The number of carbonyl (C=O) groups is 1. The van der Waals surface area contributed by atoms with Gasteiger partial charge < -0.3 is 4.90 Å². The third-order valence-corrected chi connectivity index (χ3v) is 4.64. The smallest absolute Gasteiger partial charge is 0.244 e. The predicted octanol–water partition coefficient (Wildman–Crippen LogP) is 2.35. The summed E-state index contributed by atoms with van der Waals surface area (Å²) in [6, 6.07) is 2.12. The Labute approximate surface area is 126 Å². The molecule has 1 amide bonds. The molecule has 5 nitrogen and oxygen atoms in total. The van der Waals surface area contributed by atoms with Gasteiger partial charge in [0.1, 0.15) is 11.5 Å². The highest BCUT2D eigenvalue weighted by Crippen LogP contribution is 2.30. The number of hydrogen-bond acceptors (Lipinski definition) is 3. The van der Waals surface area contributed by atoms with Crippen LogP contribution in [-0.4, -0.2) is 38.6 Å². The normalized spacial score (nSPS) is 12.9. The largest absolute Gasteiger partial charge is 0.348 e. The van der Waals surface area contributed by atoms with E-state index in [0.717, 1.165) is 11.0 Å². The van der Waals surface area contributed by atoms with E-state index >= 15 is 0 Å². The third-order valence-electron chi connectivity index (χ3n) is 2.51. The molecule has 1 rings (SSSR count). The standard InChI is InChI=1S/C11H13Cl2FN2O3S/c1-6(11(17)16(2)3)20(18,19)15-10-8(13)4-7(12)5-9(10)14/h4-6,15H,1-3H3. The molecule has 1 unspecified atom stereocenters. The molecule has 0 radical (unpaired) electrons. The van der Waals surface area contributed by atoms with E-state index in [1.54, 1.807) is 0 Å². The Kier molecular flexibility index (Phi) is 5.23. The van der Waals surface area contributed by atoms with Crippen molar-refractivity contribution < 1.29 is 17.6 Å². The zero-order valence-corrected chi connectivity index (χ0v) is 13.3. The molecule has 0 aliphatic carbocycles. The van der Waals surface area contributed by atoms with Crippen LogP contribution in [0.5, 0.6) is 0 Å². The van der Waals surface area contributed by atoms with E-state index in [2.05, 4.69) is 0 Å². The molecule has 0 spiro atoms. The summed E-state index contributed by atoms with van der Waals surface area (Å²) in [5, 5.41) is -1.54. The molecular weight excluding hydrogens is 330 g/mol. The maximum absolute atomic E-state index is 13.7. The second-order valence-electron chi connectivity index (χ2n) is 4.27. The lowest BCUT2D eigenvalue weighted by atomic mass is 10.3. The average Bonchev–Trinajstić information content (AvgIpc) is 2.31. The van der Waals surface area contributed by atoms with Gasteiger partial charge in [0.25, 0.3) is 0 Å². The van der Waals surface area contributed by atoms with Crippen molar-refractivity contribution in [1.29, 1.82) is 0 Å². The Bertz CT molecular complexity index is 612. The highest BCUT2D eigenvalue weighted by molar-refractivity contribution is 7.94. The number of nitrogens with one attached hydrogen (secondary N) is 1. The number of amides is 1. The van der Waals surface area contributed by atoms with Gasteiger partial charge in [0, 0.05) is 19.1 Å². The molecule has 1 N–H and O–H groups in total. The number of hydrogen-bond donors (Lipinski definition) is 1. The van der Waals surface area contributed by atoms with Crippen molar-refractivity contribution in [3.8, 4) is 0 Å². The Balaban J connectivity index is 3.12. The van der Waals surface area contributed by atoms with Gasteiger partial charge in [0.15, 0.2) is 5.25 Å². The summed E-state index contributed by atoms with van der Waals surface area (Å²) in [4.78, 5) is 12.8. The Hall–Kier alpha value is -1.05. The predicted molar refractivity (Wildman–Crippen MR) is 77.1 cm³/mol. The monoisotopic (exact) mass is 342 g/mol. The van der Waals surface area contributed by atoms with E-state index in [0.29, 0.717) is 0 Å². The lowest BCUT2D eigenvalue weighted by Gasteiger charge is -2.19. The number of rotatable bonds is 4. The summed E-state index contributed by atoms with van der Waals surface area (Å²) in [6.45, 7) is 1.20. The van der Waals surface area contributed by atoms with Gasteiger partial charge in [-0.05, 0) is 19.1 Å². The van der Waals surface area contributed by atoms with Crippen LogP contribution >= 0.6 is 23.2 Å². The minimum absolute atomic E-state index is 0.0351. The zero-order chi connectivity index (χ0) is 15.7. The van der Waals surface area contributed by atoms with Crippen LogP contribution in [0.1, 0.15) is 6.92 Å². The van der Waals surface area contributed by atoms with E-state index in [9.17, 15) is 17.6 Å². The maximum atomic E-state index is 13.7. The Morgan fingerprint density at radius 3 is 2.35 bits per heavy atom. The van der Waals surface area contributed by atoms with Crippen LogP contribution < -0.4 is 4.72 Å². The van der Waals surface area contributed by atoms with E-state index in [1.165, 1.54) is 27.1 Å². The molecule has 20 heavy (non-hydrogen) atoms. The van der Waals surface area contributed by atoms with Crippen LogP contribution in [0, 0.1) is 5.82 Å². The molecular formula is C11H13Cl2FN2O3S. The lowest BCUT2D eigenvalue weighted by Crippen LogP contribution is -2.40. The van der Waals surface area contributed by atoms with Crippen LogP contribution in [0.4, 0.5) is 10.1 Å². The highest BCUT2D eigenvalue weighted by Gasteiger charge is 2.30. The van der Waals surface area contributed by atoms with Crippen molar-refractivity contribution in [2.24, 2.45) is 0 Å². The fourth-order valence-electron chi connectivity index (χ4n) is 1.37.